The summed E-state index contributed by atoms with van der Waals surface area (Å²) < 4.78 is 0. The average Bonchev–Trinajstić information content (AvgIpc) is 1.61. The first-order valence-electron chi connectivity index (χ1n) is 1.92. The fraction of sp³-hybridized carbons (Fsp3) is 0.500. The normalized spacial score (nSPS) is 8.86. The number of hydrogen-bond donors (Lipinski definition) is 2. The van der Waals surface area contributed by atoms with Crippen molar-refractivity contribution in [3.8, 4) is 0 Å². The third kappa shape index (κ3) is 5.62. The molecule has 0 amide bonds. The molecule has 0 saturated heterocycles. The van der Waals surface area contributed by atoms with Crippen molar-refractivity contribution in [3.63, 3.8) is 0 Å². The quantitative estimate of drug-likeness (QED) is 0.403. The summed E-state index contributed by atoms with van der Waals surface area (Å²) in [5.74, 6) is 0. The van der Waals surface area contributed by atoms with Crippen LogP contribution < -0.4 is 5.64 Å². The molecule has 0 bridgehead atoms. The van der Waals surface area contributed by atoms with Crippen LogP contribution in [0, 0.1) is 0 Å². The molecule has 3 nitrogen and oxygen atoms in total. The van der Waals surface area contributed by atoms with Gasteiger partial charge in [-0.2, -0.15) is 0 Å². The lowest BCUT2D eigenvalue weighted by Gasteiger charge is -1.95. The van der Waals surface area contributed by atoms with Crippen molar-refractivity contribution in [2.45, 2.75) is 6.92 Å². The van der Waals surface area contributed by atoms with Gasteiger partial charge in [0, 0.05) is 0 Å². The van der Waals surface area contributed by atoms with Gasteiger partial charge in [-0.1, -0.05) is 17.8 Å². The van der Waals surface area contributed by atoms with E-state index in [4.69, 9.17) is 5.21 Å². The summed E-state index contributed by atoms with van der Waals surface area (Å²) in [7, 11) is 0. The highest BCUT2D eigenvalue weighted by Gasteiger charge is 1.80. The van der Waals surface area contributed by atoms with E-state index in [2.05, 4.69) is 11.4 Å². The average molecular weight is 103 g/mol. The molecule has 0 heterocycles. The lowest BCUT2D eigenvalue weighted by atomic mass is 10.4. The Morgan fingerprint density at radius 1 is 2.00 bits per heavy atom. The van der Waals surface area contributed by atoms with Gasteiger partial charge in [-0.15, -0.1) is 0 Å². The van der Waals surface area contributed by atoms with Gasteiger partial charge < -0.3 is 0 Å². The van der Waals surface area contributed by atoms with E-state index in [1.165, 1.54) is 5.64 Å². The van der Waals surface area contributed by atoms with E-state index in [0.717, 1.165) is 5.57 Å². The second kappa shape index (κ2) is 3.80. The molecule has 0 fully saturated rings. The molecule has 0 aromatic rings. The highest BCUT2D eigenvalue weighted by molar-refractivity contribution is 4.86. The maximum atomic E-state index is 7.80. The van der Waals surface area contributed by atoms with Crippen LogP contribution in [0.5, 0.6) is 0 Å². The minimum Gasteiger partial charge on any atom is -0.292 e. The topological polar surface area (TPSA) is 41.5 Å². The summed E-state index contributed by atoms with van der Waals surface area (Å²) in [5.41, 5.74) is 2.40. The van der Waals surface area contributed by atoms with Crippen LogP contribution in [0.4, 0.5) is 0 Å². The first-order valence-corrected chi connectivity index (χ1v) is 1.92. The second-order valence-corrected chi connectivity index (χ2v) is 1.34. The van der Waals surface area contributed by atoms with Gasteiger partial charge in [0.05, 0.1) is 6.61 Å². The van der Waals surface area contributed by atoms with Crippen LogP contribution in [0.15, 0.2) is 12.2 Å². The molecular weight excluding hydrogens is 94.0 g/mol. The second-order valence-electron chi connectivity index (χ2n) is 1.34. The molecule has 0 aliphatic rings. The maximum absolute atomic E-state index is 7.80. The summed E-state index contributed by atoms with van der Waals surface area (Å²) in [6.07, 6.45) is 0. The zero-order chi connectivity index (χ0) is 5.70. The Hall–Kier alpha value is -0.380. The maximum Gasteiger partial charge on any atom is 0.0914 e. The minimum absolute atomic E-state index is 0.344. The molecule has 3 heteroatoms. The molecule has 0 radical (unpaired) electrons. The van der Waals surface area contributed by atoms with E-state index in [0.29, 0.717) is 6.61 Å². The molecule has 42 valence electrons. The van der Waals surface area contributed by atoms with E-state index in [9.17, 15) is 0 Å². The van der Waals surface area contributed by atoms with Gasteiger partial charge in [0.15, 0.2) is 0 Å². The fourth-order valence-electron chi connectivity index (χ4n) is 0.155. The van der Waals surface area contributed by atoms with Crippen LogP contribution in [-0.4, -0.2) is 11.8 Å². The molecule has 0 aromatic carbocycles. The number of nitrogens with one attached hydrogen (secondary N) is 1. The van der Waals surface area contributed by atoms with Crippen molar-refractivity contribution in [1.82, 2.24) is 5.64 Å². The molecular formula is C4H9NO2. The van der Waals surface area contributed by atoms with Crippen molar-refractivity contribution in [2.75, 3.05) is 6.61 Å². The largest absolute Gasteiger partial charge is 0.292 e. The van der Waals surface area contributed by atoms with Gasteiger partial charge in [-0.3, -0.25) is 10.0 Å². The molecule has 7 heavy (non-hydrogen) atoms. The summed E-state index contributed by atoms with van der Waals surface area (Å²) in [5, 5.41) is 7.80. The van der Waals surface area contributed by atoms with Crippen molar-refractivity contribution in [3.05, 3.63) is 12.2 Å². The van der Waals surface area contributed by atoms with E-state index >= 15 is 0 Å². The first kappa shape index (κ1) is 6.62. The Bertz CT molecular complexity index is 62.7. The molecule has 0 aliphatic heterocycles. The van der Waals surface area contributed by atoms with Crippen LogP contribution >= 0.6 is 0 Å². The summed E-state index contributed by atoms with van der Waals surface area (Å²) in [4.78, 5) is 4.30. The lowest BCUT2D eigenvalue weighted by Crippen LogP contribution is -2.09. The summed E-state index contributed by atoms with van der Waals surface area (Å²) in [6, 6.07) is 0. The Morgan fingerprint density at radius 3 is 2.71 bits per heavy atom. The SMILES string of the molecule is C=C(C)CONO. The predicted molar refractivity (Wildman–Crippen MR) is 25.7 cm³/mol. The zero-order valence-corrected chi connectivity index (χ0v) is 4.27. The molecule has 0 atom stereocenters. The van der Waals surface area contributed by atoms with E-state index in [-0.39, 0.29) is 0 Å². The highest BCUT2D eigenvalue weighted by atomic mass is 16.8. The summed E-state index contributed by atoms with van der Waals surface area (Å²) >= 11 is 0. The monoisotopic (exact) mass is 103 g/mol. The van der Waals surface area contributed by atoms with Crippen LogP contribution in [0.2, 0.25) is 0 Å². The minimum atomic E-state index is 0.344. The standard InChI is InChI=1S/C4H9NO2/c1-4(2)3-7-5-6/h5-6H,1,3H2,2H3. The van der Waals surface area contributed by atoms with Crippen LogP contribution in [0.1, 0.15) is 6.92 Å². The molecule has 2 N–H and O–H groups in total. The third-order valence-electron chi connectivity index (χ3n) is 0.383. The Balaban J connectivity index is 2.82. The van der Waals surface area contributed by atoms with Crippen molar-refractivity contribution in [1.29, 1.82) is 0 Å². The molecule has 0 saturated carbocycles. The third-order valence-corrected chi connectivity index (χ3v) is 0.383. The Morgan fingerprint density at radius 2 is 2.57 bits per heavy atom. The fourth-order valence-corrected chi connectivity index (χ4v) is 0.155. The molecule has 0 unspecified atom stereocenters. The van der Waals surface area contributed by atoms with Crippen molar-refractivity contribution >= 4 is 0 Å². The van der Waals surface area contributed by atoms with Crippen molar-refractivity contribution < 1.29 is 10.0 Å². The summed E-state index contributed by atoms with van der Waals surface area (Å²) in [6.45, 7) is 5.66. The van der Waals surface area contributed by atoms with E-state index in [1.807, 2.05) is 0 Å². The molecule has 0 aromatic heterocycles. The van der Waals surface area contributed by atoms with Crippen molar-refractivity contribution in [2.24, 2.45) is 0 Å². The highest BCUT2D eigenvalue weighted by Crippen LogP contribution is 1.82. The smallest absolute Gasteiger partial charge is 0.0914 e. The predicted octanol–water partition coefficient (Wildman–Crippen LogP) is 0.473. The van der Waals surface area contributed by atoms with E-state index < -0.39 is 0 Å². The number of rotatable bonds is 3. The Labute approximate surface area is 42.5 Å². The molecule has 0 aliphatic carbocycles. The molecule has 0 spiro atoms. The van der Waals surface area contributed by atoms with Gasteiger partial charge in [-0.05, 0) is 6.92 Å². The van der Waals surface area contributed by atoms with Gasteiger partial charge in [-0.25, -0.2) is 0 Å². The van der Waals surface area contributed by atoms with Crippen LogP contribution in [-0.2, 0) is 4.84 Å². The van der Waals surface area contributed by atoms with E-state index in [1.54, 1.807) is 6.92 Å². The van der Waals surface area contributed by atoms with Gasteiger partial charge in [0.25, 0.3) is 0 Å². The zero-order valence-electron chi connectivity index (χ0n) is 4.27. The lowest BCUT2D eigenvalue weighted by molar-refractivity contribution is -0.118. The van der Waals surface area contributed by atoms with Gasteiger partial charge in [0.2, 0.25) is 0 Å². The van der Waals surface area contributed by atoms with Gasteiger partial charge >= 0.3 is 0 Å². The first-order chi connectivity index (χ1) is 3.27. The van der Waals surface area contributed by atoms with Crippen LogP contribution in [0.3, 0.4) is 0 Å². The van der Waals surface area contributed by atoms with Gasteiger partial charge in [0.1, 0.15) is 0 Å². The van der Waals surface area contributed by atoms with Crippen LogP contribution in [0.25, 0.3) is 0 Å². The Kier molecular flexibility index (Phi) is 3.59. The molecule has 0 rings (SSSR count). The number of hydrogen-bond acceptors (Lipinski definition) is 3.